The topological polar surface area (TPSA) is 32.5 Å². The molecule has 0 aliphatic heterocycles. The third kappa shape index (κ3) is 6.11. The van der Waals surface area contributed by atoms with E-state index in [2.05, 4.69) is 44.7 Å². The zero-order chi connectivity index (χ0) is 15.1. The van der Waals surface area contributed by atoms with Crippen LogP contribution in [0.2, 0.25) is 0 Å². The zero-order valence-corrected chi connectivity index (χ0v) is 14.4. The van der Waals surface area contributed by atoms with Crippen molar-refractivity contribution in [1.29, 1.82) is 0 Å². The number of rotatable bonds is 8. The van der Waals surface area contributed by atoms with Crippen molar-refractivity contribution in [3.05, 3.63) is 0 Å². The van der Waals surface area contributed by atoms with Gasteiger partial charge in [-0.1, -0.05) is 20.8 Å². The van der Waals surface area contributed by atoms with Crippen LogP contribution in [-0.2, 0) is 0 Å². The van der Waals surface area contributed by atoms with E-state index in [0.29, 0.717) is 12.0 Å². The van der Waals surface area contributed by atoms with Gasteiger partial charge in [0.2, 0.25) is 0 Å². The zero-order valence-electron chi connectivity index (χ0n) is 14.4. The van der Waals surface area contributed by atoms with Crippen molar-refractivity contribution < 1.29 is 0 Å². The molecule has 0 bridgehead atoms. The molecule has 0 amide bonds. The first kappa shape index (κ1) is 17.9. The molecule has 1 aliphatic rings. The summed E-state index contributed by atoms with van der Waals surface area (Å²) in [6, 6.07) is 0.424. The van der Waals surface area contributed by atoms with Crippen LogP contribution in [0.1, 0.15) is 46.5 Å². The summed E-state index contributed by atoms with van der Waals surface area (Å²) in [5.74, 6) is 2.41. The van der Waals surface area contributed by atoms with E-state index in [1.54, 1.807) is 0 Å². The Labute approximate surface area is 126 Å². The van der Waals surface area contributed by atoms with Crippen LogP contribution in [0.15, 0.2) is 0 Å². The van der Waals surface area contributed by atoms with E-state index in [4.69, 9.17) is 5.73 Å². The van der Waals surface area contributed by atoms with E-state index >= 15 is 0 Å². The van der Waals surface area contributed by atoms with Crippen molar-refractivity contribution in [3.63, 3.8) is 0 Å². The molecule has 0 heterocycles. The lowest BCUT2D eigenvalue weighted by molar-refractivity contribution is 0.137. The van der Waals surface area contributed by atoms with Crippen LogP contribution in [-0.4, -0.2) is 56.1 Å². The predicted octanol–water partition coefficient (Wildman–Crippen LogP) is 2.66. The van der Waals surface area contributed by atoms with E-state index in [0.717, 1.165) is 18.4 Å². The van der Waals surface area contributed by atoms with Gasteiger partial charge in [0, 0.05) is 12.6 Å². The van der Waals surface area contributed by atoms with Gasteiger partial charge in [0.05, 0.1) is 0 Å². The number of nitrogens with zero attached hydrogens (tertiary/aromatic N) is 2. The van der Waals surface area contributed by atoms with Crippen LogP contribution in [0.3, 0.4) is 0 Å². The Kier molecular flexibility index (Phi) is 8.08. The smallest absolute Gasteiger partial charge is 0.00795 e. The highest BCUT2D eigenvalue weighted by atomic mass is 15.1. The van der Waals surface area contributed by atoms with Crippen LogP contribution < -0.4 is 5.73 Å². The molecule has 0 saturated heterocycles. The summed E-state index contributed by atoms with van der Waals surface area (Å²) in [7, 11) is 4.31. The molecule has 0 aromatic heterocycles. The minimum atomic E-state index is 0.424. The summed E-state index contributed by atoms with van der Waals surface area (Å²) in [6.45, 7) is 11.8. The maximum atomic E-state index is 6.39. The van der Waals surface area contributed by atoms with Crippen LogP contribution in [0.5, 0.6) is 0 Å². The molecule has 3 nitrogen and oxygen atoms in total. The largest absolute Gasteiger partial charge is 0.327 e. The molecule has 3 heteroatoms. The normalized spacial score (nSPS) is 27.8. The second-order valence-corrected chi connectivity index (χ2v) is 7.29. The molecule has 1 fully saturated rings. The molecular formula is C17H37N3. The Morgan fingerprint density at radius 2 is 1.85 bits per heavy atom. The Morgan fingerprint density at radius 1 is 1.15 bits per heavy atom. The highest BCUT2D eigenvalue weighted by Gasteiger charge is 2.30. The number of hydrogen-bond acceptors (Lipinski definition) is 3. The van der Waals surface area contributed by atoms with E-state index in [1.165, 1.54) is 45.3 Å². The van der Waals surface area contributed by atoms with Gasteiger partial charge >= 0.3 is 0 Å². The molecule has 20 heavy (non-hydrogen) atoms. The SMILES string of the molecule is CCN(CCCN(C)C)CC1CC(C(C)C)CCC1N. The first-order valence-corrected chi connectivity index (χ1v) is 8.56. The fourth-order valence-electron chi connectivity index (χ4n) is 3.46. The van der Waals surface area contributed by atoms with Crippen LogP contribution in [0.4, 0.5) is 0 Å². The third-order valence-corrected chi connectivity index (χ3v) is 5.04. The summed E-state index contributed by atoms with van der Waals surface area (Å²) in [4.78, 5) is 4.88. The second kappa shape index (κ2) is 9.01. The quantitative estimate of drug-likeness (QED) is 0.743. The van der Waals surface area contributed by atoms with Gasteiger partial charge < -0.3 is 15.5 Å². The molecule has 3 atom stereocenters. The fourth-order valence-corrected chi connectivity index (χ4v) is 3.46. The Balaban J connectivity index is 2.41. The highest BCUT2D eigenvalue weighted by Crippen LogP contribution is 2.33. The lowest BCUT2D eigenvalue weighted by atomic mass is 9.73. The monoisotopic (exact) mass is 283 g/mol. The van der Waals surface area contributed by atoms with Crippen molar-refractivity contribution in [2.75, 3.05) is 40.3 Å². The van der Waals surface area contributed by atoms with Crippen molar-refractivity contribution >= 4 is 0 Å². The minimum Gasteiger partial charge on any atom is -0.327 e. The standard InChI is InChI=1S/C17H37N3/c1-6-20(11-7-10-19(4)5)13-16-12-15(14(2)3)8-9-17(16)18/h14-17H,6-13,18H2,1-5H3. The second-order valence-electron chi connectivity index (χ2n) is 7.29. The third-order valence-electron chi connectivity index (χ3n) is 5.04. The highest BCUT2D eigenvalue weighted by molar-refractivity contribution is 4.85. The van der Waals surface area contributed by atoms with E-state index in [9.17, 15) is 0 Å². The lowest BCUT2D eigenvalue weighted by Crippen LogP contribution is -2.44. The van der Waals surface area contributed by atoms with Gasteiger partial charge in [-0.05, 0) is 77.2 Å². The molecule has 2 N–H and O–H groups in total. The first-order valence-electron chi connectivity index (χ1n) is 8.56. The molecule has 3 unspecified atom stereocenters. The van der Waals surface area contributed by atoms with E-state index < -0.39 is 0 Å². The molecule has 1 rings (SSSR count). The molecule has 0 spiro atoms. The summed E-state index contributed by atoms with van der Waals surface area (Å²) in [5.41, 5.74) is 6.39. The van der Waals surface area contributed by atoms with E-state index in [-0.39, 0.29) is 0 Å². The maximum absolute atomic E-state index is 6.39. The molecule has 120 valence electrons. The maximum Gasteiger partial charge on any atom is 0.00795 e. The molecule has 0 aromatic carbocycles. The molecular weight excluding hydrogens is 246 g/mol. The van der Waals surface area contributed by atoms with E-state index in [1.807, 2.05) is 0 Å². The summed E-state index contributed by atoms with van der Waals surface area (Å²) >= 11 is 0. The fraction of sp³-hybridized carbons (Fsp3) is 1.00. The average Bonchev–Trinajstić information content (AvgIpc) is 2.39. The Bertz CT molecular complexity index is 253. The van der Waals surface area contributed by atoms with Crippen LogP contribution in [0, 0.1) is 17.8 Å². The lowest BCUT2D eigenvalue weighted by Gasteiger charge is -2.38. The molecule has 0 radical (unpaired) electrons. The van der Waals surface area contributed by atoms with Crippen molar-refractivity contribution in [2.45, 2.75) is 52.5 Å². The summed E-state index contributed by atoms with van der Waals surface area (Å²) < 4.78 is 0. The first-order chi connectivity index (χ1) is 9.43. The van der Waals surface area contributed by atoms with Crippen molar-refractivity contribution in [2.24, 2.45) is 23.5 Å². The van der Waals surface area contributed by atoms with Gasteiger partial charge in [-0.25, -0.2) is 0 Å². The van der Waals surface area contributed by atoms with Crippen molar-refractivity contribution in [3.8, 4) is 0 Å². The van der Waals surface area contributed by atoms with Gasteiger partial charge in [0.25, 0.3) is 0 Å². The van der Waals surface area contributed by atoms with Crippen molar-refractivity contribution in [1.82, 2.24) is 9.80 Å². The average molecular weight is 284 g/mol. The Morgan fingerprint density at radius 3 is 2.40 bits per heavy atom. The summed E-state index contributed by atoms with van der Waals surface area (Å²) in [5, 5.41) is 0. The van der Waals surface area contributed by atoms with Gasteiger partial charge in [0.15, 0.2) is 0 Å². The molecule has 1 aliphatic carbocycles. The molecule has 0 aromatic rings. The van der Waals surface area contributed by atoms with Gasteiger partial charge in [-0.3, -0.25) is 0 Å². The summed E-state index contributed by atoms with van der Waals surface area (Å²) in [6.07, 6.45) is 5.16. The van der Waals surface area contributed by atoms with Crippen LogP contribution in [0.25, 0.3) is 0 Å². The van der Waals surface area contributed by atoms with Gasteiger partial charge in [0.1, 0.15) is 0 Å². The van der Waals surface area contributed by atoms with Crippen LogP contribution >= 0.6 is 0 Å². The molecule has 1 saturated carbocycles. The number of hydrogen-bond donors (Lipinski definition) is 1. The number of nitrogens with two attached hydrogens (primary N) is 1. The minimum absolute atomic E-state index is 0.424. The van der Waals surface area contributed by atoms with Gasteiger partial charge in [-0.15, -0.1) is 0 Å². The predicted molar refractivity (Wildman–Crippen MR) is 88.9 cm³/mol. The van der Waals surface area contributed by atoms with Gasteiger partial charge in [-0.2, -0.15) is 0 Å². The Hall–Kier alpha value is -0.120.